The summed E-state index contributed by atoms with van der Waals surface area (Å²) in [5, 5.41) is 6.02. The molecule has 4 rings (SSSR count). The molecule has 0 radical (unpaired) electrons. The van der Waals surface area contributed by atoms with Gasteiger partial charge in [0.25, 0.3) is 0 Å². The number of hydrogen-bond donors (Lipinski definition) is 4. The van der Waals surface area contributed by atoms with Crippen molar-refractivity contribution in [1.29, 1.82) is 0 Å². The number of carbonyl (C=O) groups is 1. The number of halogens is 4. The minimum Gasteiger partial charge on any atom is -0.371 e. The number of carbonyl (C=O) groups excluding carboxylic acids is 1. The number of nitrogens with one attached hydrogen (secondary N) is 4. The number of fused-ring (bicyclic) bond motifs is 1. The number of aliphatic imine (C=N–C) groups is 1. The monoisotopic (exact) mass is 434 g/mol. The fourth-order valence-corrected chi connectivity index (χ4v) is 2.70. The fourth-order valence-electron chi connectivity index (χ4n) is 2.70. The Morgan fingerprint density at radius 1 is 1.06 bits per heavy atom. The van der Waals surface area contributed by atoms with Crippen LogP contribution in [0, 0.1) is 5.82 Å². The first-order valence-corrected chi connectivity index (χ1v) is 8.77. The first kappa shape index (κ1) is 20.1. The first-order chi connectivity index (χ1) is 14.8. The number of benzene rings is 2. The number of hydroxylamine groups is 2. The van der Waals surface area contributed by atoms with Crippen molar-refractivity contribution in [3.63, 3.8) is 0 Å². The van der Waals surface area contributed by atoms with Crippen LogP contribution in [0.3, 0.4) is 0 Å². The molecule has 0 spiro atoms. The van der Waals surface area contributed by atoms with Crippen molar-refractivity contribution in [2.24, 2.45) is 4.99 Å². The van der Waals surface area contributed by atoms with E-state index < -0.39 is 23.6 Å². The highest BCUT2D eigenvalue weighted by Gasteiger charge is 2.30. The largest absolute Gasteiger partial charge is 0.416 e. The number of rotatable bonds is 4. The third-order valence-electron chi connectivity index (χ3n) is 4.16. The van der Waals surface area contributed by atoms with Crippen molar-refractivity contribution in [3.05, 3.63) is 77.6 Å². The first-order valence-electron chi connectivity index (χ1n) is 8.77. The minimum absolute atomic E-state index is 0.116. The summed E-state index contributed by atoms with van der Waals surface area (Å²) in [4.78, 5) is 21.5. The normalized spacial score (nSPS) is 14.6. The van der Waals surface area contributed by atoms with Crippen LogP contribution in [0.2, 0.25) is 0 Å². The molecule has 0 unspecified atom stereocenters. The summed E-state index contributed by atoms with van der Waals surface area (Å²) in [6, 6.07) is 6.92. The maximum atomic E-state index is 14.4. The molecule has 0 aromatic heterocycles. The van der Waals surface area contributed by atoms with Gasteiger partial charge in [0.15, 0.2) is 11.6 Å². The summed E-state index contributed by atoms with van der Waals surface area (Å²) in [6.07, 6.45) is 0.0508. The Morgan fingerprint density at radius 2 is 1.77 bits per heavy atom. The van der Waals surface area contributed by atoms with E-state index in [0.717, 1.165) is 30.3 Å². The lowest BCUT2D eigenvalue weighted by atomic mass is 10.2. The molecule has 0 fully saturated rings. The van der Waals surface area contributed by atoms with Gasteiger partial charge >= 0.3 is 12.2 Å². The second-order valence-electron chi connectivity index (χ2n) is 6.32. The average Bonchev–Trinajstić information content (AvgIpc) is 3.19. The van der Waals surface area contributed by atoms with Crippen LogP contribution in [-0.2, 0) is 6.18 Å². The summed E-state index contributed by atoms with van der Waals surface area (Å²) in [5.41, 5.74) is 6.25. The minimum atomic E-state index is -4.47. The predicted octanol–water partition coefficient (Wildman–Crippen LogP) is 3.92. The van der Waals surface area contributed by atoms with Crippen LogP contribution in [0.1, 0.15) is 5.56 Å². The van der Waals surface area contributed by atoms with E-state index in [9.17, 15) is 22.4 Å². The van der Waals surface area contributed by atoms with Gasteiger partial charge in [-0.05, 0) is 36.4 Å². The molecule has 0 saturated carbocycles. The average molecular weight is 434 g/mol. The number of nitrogens with zero attached hydrogens (tertiary/aromatic N) is 2. The Bertz CT molecular complexity index is 1100. The summed E-state index contributed by atoms with van der Waals surface area (Å²) < 4.78 is 52.2. The molecule has 0 saturated heterocycles. The molecular weight excluding hydrogens is 420 g/mol. The van der Waals surface area contributed by atoms with E-state index in [0.29, 0.717) is 11.4 Å². The molecule has 2 aromatic carbocycles. The Balaban J connectivity index is 1.37. The van der Waals surface area contributed by atoms with Gasteiger partial charge in [0.1, 0.15) is 17.7 Å². The molecule has 0 aliphatic carbocycles. The third-order valence-corrected chi connectivity index (χ3v) is 4.16. The zero-order valence-corrected chi connectivity index (χ0v) is 15.5. The van der Waals surface area contributed by atoms with Gasteiger partial charge in [-0.1, -0.05) is 0 Å². The zero-order valence-electron chi connectivity index (χ0n) is 15.5. The molecule has 2 aromatic rings. The van der Waals surface area contributed by atoms with Gasteiger partial charge in [-0.2, -0.15) is 18.2 Å². The molecule has 12 heteroatoms. The van der Waals surface area contributed by atoms with Gasteiger partial charge in [0.2, 0.25) is 0 Å². The van der Waals surface area contributed by atoms with Gasteiger partial charge < -0.3 is 20.9 Å². The molecule has 2 aliphatic heterocycles. The third kappa shape index (κ3) is 4.52. The zero-order chi connectivity index (χ0) is 22.0. The Morgan fingerprint density at radius 3 is 2.48 bits per heavy atom. The highest BCUT2D eigenvalue weighted by molar-refractivity contribution is 5.99. The van der Waals surface area contributed by atoms with Crippen molar-refractivity contribution >= 4 is 23.7 Å². The second-order valence-corrected chi connectivity index (χ2v) is 6.32. The van der Waals surface area contributed by atoms with Crippen molar-refractivity contribution in [1.82, 2.24) is 15.9 Å². The maximum absolute atomic E-state index is 14.4. The molecule has 2 aliphatic rings. The van der Waals surface area contributed by atoms with Crippen LogP contribution in [0.5, 0.6) is 5.75 Å². The summed E-state index contributed by atoms with van der Waals surface area (Å²) >= 11 is 0. The van der Waals surface area contributed by atoms with Gasteiger partial charge in [-0.25, -0.2) is 14.2 Å². The molecular formula is C19H14F4N6O2. The van der Waals surface area contributed by atoms with Crippen molar-refractivity contribution in [2.45, 2.75) is 6.18 Å². The molecule has 4 N–H and O–H groups in total. The van der Waals surface area contributed by atoms with Gasteiger partial charge in [0, 0.05) is 23.6 Å². The van der Waals surface area contributed by atoms with Crippen molar-refractivity contribution in [2.75, 3.05) is 10.6 Å². The molecule has 0 bridgehead atoms. The second kappa shape index (κ2) is 7.89. The maximum Gasteiger partial charge on any atom is 0.416 e. The smallest absolute Gasteiger partial charge is 0.371 e. The van der Waals surface area contributed by atoms with Gasteiger partial charge in [-0.3, -0.25) is 5.43 Å². The summed E-state index contributed by atoms with van der Waals surface area (Å²) in [5.74, 6) is -0.870. The van der Waals surface area contributed by atoms with E-state index in [4.69, 9.17) is 4.84 Å². The van der Waals surface area contributed by atoms with Crippen LogP contribution >= 0.6 is 0 Å². The topological polar surface area (TPSA) is 90.0 Å². The van der Waals surface area contributed by atoms with E-state index in [1.807, 2.05) is 0 Å². The number of amides is 2. The SMILES string of the molecule is O=C(Nc1ccc(C(F)(F)F)cc1)Nc1ccc(ON2C=NC=C3NNC=C32)c(F)c1. The number of hydrogen-bond acceptors (Lipinski definition) is 6. The van der Waals surface area contributed by atoms with Crippen LogP contribution < -0.4 is 26.3 Å². The van der Waals surface area contributed by atoms with Crippen LogP contribution in [0.4, 0.5) is 33.7 Å². The predicted molar refractivity (Wildman–Crippen MR) is 104 cm³/mol. The number of hydrazine groups is 1. The highest BCUT2D eigenvalue weighted by atomic mass is 19.4. The Hall–Kier alpha value is -4.22. The van der Waals surface area contributed by atoms with Gasteiger partial charge in [0.05, 0.1) is 11.8 Å². The van der Waals surface area contributed by atoms with Crippen molar-refractivity contribution < 1.29 is 27.2 Å². The summed E-state index contributed by atoms with van der Waals surface area (Å²) in [6.45, 7) is 0. The number of urea groups is 1. The molecule has 2 heterocycles. The lowest BCUT2D eigenvalue weighted by Crippen LogP contribution is -2.30. The van der Waals surface area contributed by atoms with Crippen LogP contribution in [0.15, 0.2) is 71.3 Å². The summed E-state index contributed by atoms with van der Waals surface area (Å²) in [7, 11) is 0. The van der Waals surface area contributed by atoms with Crippen molar-refractivity contribution in [3.8, 4) is 5.75 Å². The van der Waals surface area contributed by atoms with Crippen LogP contribution in [-0.4, -0.2) is 17.4 Å². The van der Waals surface area contributed by atoms with Crippen LogP contribution in [0.25, 0.3) is 0 Å². The van der Waals surface area contributed by atoms with Gasteiger partial charge in [-0.15, -0.1) is 0 Å². The van der Waals surface area contributed by atoms with E-state index in [2.05, 4.69) is 26.5 Å². The highest BCUT2D eigenvalue weighted by Crippen LogP contribution is 2.30. The Kier molecular flexibility index (Phi) is 5.11. The van der Waals surface area contributed by atoms with E-state index in [1.54, 1.807) is 12.4 Å². The van der Waals surface area contributed by atoms with E-state index in [1.165, 1.54) is 23.5 Å². The van der Waals surface area contributed by atoms with E-state index >= 15 is 0 Å². The fraction of sp³-hybridized carbons (Fsp3) is 0.0526. The molecule has 31 heavy (non-hydrogen) atoms. The Labute approximate surface area is 172 Å². The number of alkyl halides is 3. The molecule has 2 amide bonds. The molecule has 0 atom stereocenters. The lowest BCUT2D eigenvalue weighted by molar-refractivity contribution is -0.137. The number of anilines is 2. The molecule has 160 valence electrons. The van der Waals surface area contributed by atoms with E-state index in [-0.39, 0.29) is 17.1 Å². The quantitative estimate of drug-likeness (QED) is 0.548. The molecule has 8 nitrogen and oxygen atoms in total. The standard InChI is InChI=1S/C19H14F4N6O2/c20-14-7-13(27-18(30)26-12-3-1-11(2-4-12)19(21,22)23)5-6-17(14)31-29-10-24-8-15-16(29)9-25-28-15/h1-10,25,28H,(H2,26,27,30). The lowest BCUT2D eigenvalue weighted by Gasteiger charge is -2.23.